The lowest BCUT2D eigenvalue weighted by atomic mass is 10.1. The van der Waals surface area contributed by atoms with Gasteiger partial charge in [0.2, 0.25) is 11.8 Å². The van der Waals surface area contributed by atoms with Crippen LogP contribution in [-0.4, -0.2) is 39.8 Å². The minimum absolute atomic E-state index is 0.0158. The first-order chi connectivity index (χ1) is 15.5. The molecule has 0 atom stereocenters. The lowest BCUT2D eigenvalue weighted by molar-refractivity contribution is -0.137. The van der Waals surface area contributed by atoms with Crippen LogP contribution in [-0.2, 0) is 22.2 Å². The van der Waals surface area contributed by atoms with Crippen molar-refractivity contribution in [3.05, 3.63) is 56.4 Å². The molecule has 0 aliphatic carbocycles. The van der Waals surface area contributed by atoms with E-state index in [0.29, 0.717) is 16.0 Å². The van der Waals surface area contributed by atoms with Gasteiger partial charge in [0.25, 0.3) is 5.56 Å². The number of alkyl halides is 3. The minimum atomic E-state index is -4.62. The molecule has 2 heterocycles. The monoisotopic (exact) mass is 480 g/mol. The molecule has 2 aromatic heterocycles. The number of carbonyl (C=O) groups is 2. The summed E-state index contributed by atoms with van der Waals surface area (Å²) in [5.74, 6) is -0.751. The quantitative estimate of drug-likeness (QED) is 0.534. The summed E-state index contributed by atoms with van der Waals surface area (Å²) in [4.78, 5) is 47.3. The summed E-state index contributed by atoms with van der Waals surface area (Å²) < 4.78 is 39.4. The first-order valence-electron chi connectivity index (χ1n) is 10.2. The fourth-order valence-corrected chi connectivity index (χ4v) is 4.43. The topological polar surface area (TPSA) is 95.2 Å². The van der Waals surface area contributed by atoms with Gasteiger partial charge in [-0.2, -0.15) is 13.2 Å². The van der Waals surface area contributed by atoms with Crippen molar-refractivity contribution in [1.82, 2.24) is 14.9 Å². The fourth-order valence-electron chi connectivity index (χ4n) is 3.38. The Bertz CT molecular complexity index is 1250. The van der Waals surface area contributed by atoms with Gasteiger partial charge < -0.3 is 15.2 Å². The molecule has 33 heavy (non-hydrogen) atoms. The number of amides is 2. The summed E-state index contributed by atoms with van der Waals surface area (Å²) in [6, 6.07) is 4.65. The van der Waals surface area contributed by atoms with E-state index in [9.17, 15) is 27.6 Å². The highest BCUT2D eigenvalue weighted by atomic mass is 32.1. The fraction of sp³-hybridized carbons (Fsp3) is 0.364. The Morgan fingerprint density at radius 2 is 1.91 bits per heavy atom. The molecule has 0 aliphatic heterocycles. The van der Waals surface area contributed by atoms with Crippen molar-refractivity contribution in [3.8, 4) is 0 Å². The van der Waals surface area contributed by atoms with Crippen LogP contribution in [0.3, 0.4) is 0 Å². The molecule has 3 rings (SSSR count). The van der Waals surface area contributed by atoms with E-state index in [-0.39, 0.29) is 36.5 Å². The number of nitrogens with zero attached hydrogens (tertiary/aromatic N) is 2. The molecule has 0 spiro atoms. The molecule has 3 aromatic rings. The predicted octanol–water partition coefficient (Wildman–Crippen LogP) is 4.04. The van der Waals surface area contributed by atoms with Crippen LogP contribution in [0.2, 0.25) is 0 Å². The Morgan fingerprint density at radius 1 is 1.21 bits per heavy atom. The molecule has 1 aromatic carbocycles. The number of H-pyrrole nitrogens is 1. The van der Waals surface area contributed by atoms with E-state index in [1.165, 1.54) is 28.4 Å². The molecule has 176 valence electrons. The van der Waals surface area contributed by atoms with E-state index < -0.39 is 24.2 Å². The van der Waals surface area contributed by atoms with E-state index >= 15 is 0 Å². The first-order valence-corrected chi connectivity index (χ1v) is 11.1. The molecule has 2 amide bonds. The summed E-state index contributed by atoms with van der Waals surface area (Å²) in [6.07, 6.45) is -4.47. The number of aromatic nitrogens is 2. The molecule has 0 fully saturated rings. The number of fused-ring (bicyclic) bond motifs is 1. The molecule has 0 unspecified atom stereocenters. The van der Waals surface area contributed by atoms with Crippen molar-refractivity contribution in [2.75, 3.05) is 18.4 Å². The molecule has 11 heteroatoms. The second-order valence-electron chi connectivity index (χ2n) is 7.48. The lowest BCUT2D eigenvalue weighted by Crippen LogP contribution is -2.38. The number of hydrogen-bond donors (Lipinski definition) is 2. The minimum Gasteiger partial charge on any atom is -0.334 e. The number of thiophene rings is 1. The average Bonchev–Trinajstić information content (AvgIpc) is 3.03. The van der Waals surface area contributed by atoms with Crippen molar-refractivity contribution in [1.29, 1.82) is 0 Å². The second kappa shape index (κ2) is 9.74. The van der Waals surface area contributed by atoms with Crippen LogP contribution in [0.5, 0.6) is 0 Å². The Morgan fingerprint density at radius 3 is 2.58 bits per heavy atom. The number of nitrogens with one attached hydrogen (secondary N) is 2. The summed E-state index contributed by atoms with van der Waals surface area (Å²) >= 11 is 1.40. The highest BCUT2D eigenvalue weighted by Crippen LogP contribution is 2.34. The SMILES string of the molecule is CCN(CC(=O)Nc1ccccc1C(F)(F)F)C(=O)CCc1nc2sc(C)c(C)c2c(=O)[nH]1. The van der Waals surface area contributed by atoms with Crippen molar-refractivity contribution in [2.45, 2.75) is 39.8 Å². The highest BCUT2D eigenvalue weighted by molar-refractivity contribution is 7.18. The van der Waals surface area contributed by atoms with Crippen LogP contribution < -0.4 is 10.9 Å². The van der Waals surface area contributed by atoms with Crippen LogP contribution in [0, 0.1) is 13.8 Å². The zero-order valence-corrected chi connectivity index (χ0v) is 19.1. The van der Waals surface area contributed by atoms with E-state index in [1.807, 2.05) is 13.8 Å². The number of halogens is 3. The Hall–Kier alpha value is -3.21. The zero-order valence-electron chi connectivity index (χ0n) is 18.3. The van der Waals surface area contributed by atoms with Gasteiger partial charge in [-0.25, -0.2) is 4.98 Å². The Balaban J connectivity index is 1.65. The molecule has 0 saturated carbocycles. The number of likely N-dealkylation sites (N-methyl/N-ethyl adjacent to an activating group) is 1. The number of carbonyl (C=O) groups excluding carboxylic acids is 2. The van der Waals surface area contributed by atoms with E-state index in [1.54, 1.807) is 6.92 Å². The number of rotatable bonds is 7. The van der Waals surface area contributed by atoms with Gasteiger partial charge in [0.15, 0.2) is 0 Å². The van der Waals surface area contributed by atoms with Crippen LogP contribution in [0.25, 0.3) is 10.2 Å². The summed E-state index contributed by atoms with van der Waals surface area (Å²) in [6.45, 7) is 5.22. The van der Waals surface area contributed by atoms with Gasteiger partial charge in [-0.1, -0.05) is 12.1 Å². The maximum absolute atomic E-state index is 13.1. The molecular weight excluding hydrogens is 457 g/mol. The van der Waals surface area contributed by atoms with Gasteiger partial charge in [0.1, 0.15) is 10.7 Å². The number of benzene rings is 1. The third-order valence-corrected chi connectivity index (χ3v) is 6.34. The first kappa shape index (κ1) is 24.4. The standard InChI is InChI=1S/C22H23F3N4O3S/c1-4-29(11-17(30)26-15-8-6-5-7-14(15)22(23,24)25)18(31)10-9-16-27-20(32)19-12(2)13(3)33-21(19)28-16/h5-8H,4,9-11H2,1-3H3,(H,26,30)(H,27,28,32). The van der Waals surface area contributed by atoms with Gasteiger partial charge in [0, 0.05) is 24.3 Å². The molecular formula is C22H23F3N4O3S. The van der Waals surface area contributed by atoms with Crippen LogP contribution >= 0.6 is 11.3 Å². The zero-order chi connectivity index (χ0) is 24.3. The third kappa shape index (κ3) is 5.59. The van der Waals surface area contributed by atoms with Gasteiger partial charge in [-0.15, -0.1) is 11.3 Å². The second-order valence-corrected chi connectivity index (χ2v) is 8.68. The number of hydrogen-bond acceptors (Lipinski definition) is 5. The smallest absolute Gasteiger partial charge is 0.334 e. The van der Waals surface area contributed by atoms with Crippen LogP contribution in [0.4, 0.5) is 18.9 Å². The number of aryl methyl sites for hydroxylation is 3. The maximum atomic E-state index is 13.1. The molecule has 7 nitrogen and oxygen atoms in total. The van der Waals surface area contributed by atoms with Crippen LogP contribution in [0.1, 0.15) is 35.2 Å². The molecule has 0 radical (unpaired) electrons. The third-order valence-electron chi connectivity index (χ3n) is 5.24. The number of anilines is 1. The van der Waals surface area contributed by atoms with E-state index in [2.05, 4.69) is 15.3 Å². The predicted molar refractivity (Wildman–Crippen MR) is 120 cm³/mol. The van der Waals surface area contributed by atoms with Crippen molar-refractivity contribution < 1.29 is 22.8 Å². The highest BCUT2D eigenvalue weighted by Gasteiger charge is 2.33. The van der Waals surface area contributed by atoms with Gasteiger partial charge in [0.05, 0.1) is 23.2 Å². The number of aromatic amines is 1. The van der Waals surface area contributed by atoms with Crippen molar-refractivity contribution >= 4 is 39.1 Å². The summed E-state index contributed by atoms with van der Waals surface area (Å²) in [5.41, 5.74) is -0.715. The average molecular weight is 481 g/mol. The Labute approximate surface area is 191 Å². The lowest BCUT2D eigenvalue weighted by Gasteiger charge is -2.21. The van der Waals surface area contributed by atoms with Crippen molar-refractivity contribution in [3.63, 3.8) is 0 Å². The normalized spacial score (nSPS) is 11.6. The van der Waals surface area contributed by atoms with Gasteiger partial charge in [-0.3, -0.25) is 14.4 Å². The van der Waals surface area contributed by atoms with Gasteiger partial charge in [-0.05, 0) is 38.5 Å². The van der Waals surface area contributed by atoms with E-state index in [4.69, 9.17) is 0 Å². The maximum Gasteiger partial charge on any atom is 0.418 e. The molecule has 0 bridgehead atoms. The summed E-state index contributed by atoms with van der Waals surface area (Å²) in [7, 11) is 0. The number of para-hydroxylation sites is 1. The molecule has 0 saturated heterocycles. The summed E-state index contributed by atoms with van der Waals surface area (Å²) in [5, 5.41) is 2.77. The molecule has 0 aliphatic rings. The van der Waals surface area contributed by atoms with Crippen molar-refractivity contribution in [2.24, 2.45) is 0 Å². The van der Waals surface area contributed by atoms with E-state index in [0.717, 1.165) is 22.6 Å². The largest absolute Gasteiger partial charge is 0.418 e. The van der Waals surface area contributed by atoms with Gasteiger partial charge >= 0.3 is 6.18 Å². The van der Waals surface area contributed by atoms with Crippen LogP contribution in [0.15, 0.2) is 29.1 Å². The molecule has 2 N–H and O–H groups in total. The Kier molecular flexibility index (Phi) is 7.21.